The number of rotatable bonds is 1. The number of halogens is 1. The highest BCUT2D eigenvalue weighted by molar-refractivity contribution is 5.69. The second-order valence-corrected chi connectivity index (χ2v) is 8.16. The fraction of sp³-hybridized carbons (Fsp3) is 0.632. The molecule has 2 bridgehead atoms. The summed E-state index contributed by atoms with van der Waals surface area (Å²) in [5, 5.41) is 11.2. The first-order valence-corrected chi connectivity index (χ1v) is 8.67. The molecule has 25 heavy (non-hydrogen) atoms. The van der Waals surface area contributed by atoms with Gasteiger partial charge in [-0.1, -0.05) is 12.1 Å². The van der Waals surface area contributed by atoms with Gasteiger partial charge < -0.3 is 14.6 Å². The van der Waals surface area contributed by atoms with E-state index in [-0.39, 0.29) is 24.9 Å². The molecule has 0 radical (unpaired) electrons. The molecule has 0 saturated carbocycles. The molecule has 2 heterocycles. The molecule has 138 valence electrons. The number of amides is 1. The van der Waals surface area contributed by atoms with Crippen LogP contribution >= 0.6 is 0 Å². The first-order valence-electron chi connectivity index (χ1n) is 8.67. The molecule has 2 saturated heterocycles. The molecule has 2 aliphatic rings. The van der Waals surface area contributed by atoms with Crippen LogP contribution in [-0.2, 0) is 15.1 Å². The largest absolute Gasteiger partial charge is 0.444 e. The van der Waals surface area contributed by atoms with Crippen molar-refractivity contribution in [1.29, 1.82) is 0 Å². The van der Waals surface area contributed by atoms with Gasteiger partial charge in [-0.15, -0.1) is 0 Å². The monoisotopic (exact) mass is 351 g/mol. The van der Waals surface area contributed by atoms with E-state index in [0.717, 1.165) is 5.56 Å². The first kappa shape index (κ1) is 18.1. The summed E-state index contributed by atoms with van der Waals surface area (Å²) in [6, 6.07) is 4.19. The Morgan fingerprint density at radius 3 is 2.44 bits per heavy atom. The number of nitrogens with zero attached hydrogens (tertiary/aromatic N) is 1. The average Bonchev–Trinajstić information content (AvgIpc) is 2.43. The van der Waals surface area contributed by atoms with E-state index in [9.17, 15) is 14.3 Å². The number of hydrogen-bond donors (Lipinski definition) is 1. The number of carbonyl (C=O) groups is 1. The van der Waals surface area contributed by atoms with Gasteiger partial charge in [0, 0.05) is 18.4 Å². The van der Waals surface area contributed by atoms with Gasteiger partial charge in [-0.2, -0.15) is 0 Å². The molecule has 3 rings (SSSR count). The third kappa shape index (κ3) is 3.65. The van der Waals surface area contributed by atoms with Crippen molar-refractivity contribution in [2.24, 2.45) is 0 Å². The molecule has 1 N–H and O–H groups in total. The number of benzene rings is 1. The number of carbonyl (C=O) groups excluding carboxylic acids is 1. The van der Waals surface area contributed by atoms with Crippen molar-refractivity contribution < 1.29 is 23.8 Å². The van der Waals surface area contributed by atoms with Crippen LogP contribution in [0.2, 0.25) is 0 Å². The maximum atomic E-state index is 14.4. The lowest BCUT2D eigenvalue weighted by molar-refractivity contribution is -0.142. The fourth-order valence-electron chi connectivity index (χ4n) is 3.81. The van der Waals surface area contributed by atoms with E-state index in [1.54, 1.807) is 17.0 Å². The van der Waals surface area contributed by atoms with Crippen LogP contribution in [-0.4, -0.2) is 47.0 Å². The molecule has 1 amide bonds. The highest BCUT2D eigenvalue weighted by Crippen LogP contribution is 2.42. The minimum atomic E-state index is -1.31. The maximum absolute atomic E-state index is 14.4. The predicted octanol–water partition coefficient (Wildman–Crippen LogP) is 3.12. The van der Waals surface area contributed by atoms with Gasteiger partial charge in [-0.05, 0) is 39.3 Å². The van der Waals surface area contributed by atoms with E-state index in [1.165, 1.54) is 6.07 Å². The normalized spacial score (nSPS) is 29.4. The number of morpholine rings is 1. The van der Waals surface area contributed by atoms with E-state index in [2.05, 4.69) is 0 Å². The van der Waals surface area contributed by atoms with Crippen LogP contribution < -0.4 is 0 Å². The number of hydrogen-bond acceptors (Lipinski definition) is 4. The lowest BCUT2D eigenvalue weighted by atomic mass is 9.76. The molecule has 0 aromatic heterocycles. The molecule has 1 aromatic rings. The maximum Gasteiger partial charge on any atom is 0.410 e. The fourth-order valence-corrected chi connectivity index (χ4v) is 3.81. The molecular formula is C19H26FNO4. The summed E-state index contributed by atoms with van der Waals surface area (Å²) in [4.78, 5) is 14.2. The quantitative estimate of drug-likeness (QED) is 0.845. The van der Waals surface area contributed by atoms with Gasteiger partial charge in [-0.25, -0.2) is 9.18 Å². The van der Waals surface area contributed by atoms with Crippen LogP contribution in [0, 0.1) is 12.7 Å². The van der Waals surface area contributed by atoms with Crippen LogP contribution in [0.5, 0.6) is 0 Å². The molecule has 0 aliphatic carbocycles. The SMILES string of the molecule is Cc1ccc(C2(O)CC3COCC(C2)N3C(=O)OC(C)(C)C)c(F)c1. The molecule has 2 fully saturated rings. The summed E-state index contributed by atoms with van der Waals surface area (Å²) in [7, 11) is 0. The minimum absolute atomic E-state index is 0.225. The Morgan fingerprint density at radius 2 is 1.92 bits per heavy atom. The summed E-state index contributed by atoms with van der Waals surface area (Å²) in [6.07, 6.45) is 0.0445. The molecule has 5 nitrogen and oxygen atoms in total. The van der Waals surface area contributed by atoms with E-state index in [0.29, 0.717) is 18.8 Å². The molecular weight excluding hydrogens is 325 g/mol. The molecule has 6 heteroatoms. The molecule has 2 unspecified atom stereocenters. The van der Waals surface area contributed by atoms with Crippen LogP contribution in [0.4, 0.5) is 9.18 Å². The molecule has 2 aliphatic heterocycles. The zero-order valence-corrected chi connectivity index (χ0v) is 15.2. The Morgan fingerprint density at radius 1 is 1.32 bits per heavy atom. The van der Waals surface area contributed by atoms with Crippen molar-refractivity contribution in [3.8, 4) is 0 Å². The smallest absolute Gasteiger partial charge is 0.410 e. The highest BCUT2D eigenvalue weighted by Gasteiger charge is 2.50. The van der Waals surface area contributed by atoms with Crippen molar-refractivity contribution in [3.05, 3.63) is 35.1 Å². The topological polar surface area (TPSA) is 59.0 Å². The summed E-state index contributed by atoms with van der Waals surface area (Å²) >= 11 is 0. The second-order valence-electron chi connectivity index (χ2n) is 8.16. The second kappa shape index (κ2) is 6.25. The van der Waals surface area contributed by atoms with Crippen LogP contribution in [0.3, 0.4) is 0 Å². The van der Waals surface area contributed by atoms with Crippen molar-refractivity contribution in [2.75, 3.05) is 13.2 Å². The predicted molar refractivity (Wildman–Crippen MR) is 90.7 cm³/mol. The zero-order valence-electron chi connectivity index (χ0n) is 15.2. The van der Waals surface area contributed by atoms with Crippen molar-refractivity contribution in [2.45, 2.75) is 63.8 Å². The third-order valence-electron chi connectivity index (χ3n) is 4.78. The van der Waals surface area contributed by atoms with Gasteiger partial charge in [0.05, 0.1) is 30.9 Å². The minimum Gasteiger partial charge on any atom is -0.444 e. The van der Waals surface area contributed by atoms with Crippen molar-refractivity contribution in [3.63, 3.8) is 0 Å². The zero-order chi connectivity index (χ0) is 18.4. The molecule has 0 spiro atoms. The number of ether oxygens (including phenoxy) is 2. The summed E-state index contributed by atoms with van der Waals surface area (Å²) < 4.78 is 25.5. The highest BCUT2D eigenvalue weighted by atomic mass is 19.1. The Labute approximate surface area is 147 Å². The van der Waals surface area contributed by atoms with Gasteiger partial charge in [-0.3, -0.25) is 4.90 Å². The van der Waals surface area contributed by atoms with Crippen LogP contribution in [0.25, 0.3) is 0 Å². The van der Waals surface area contributed by atoms with E-state index in [1.807, 2.05) is 27.7 Å². The van der Waals surface area contributed by atoms with Gasteiger partial charge in [0.1, 0.15) is 11.4 Å². The third-order valence-corrected chi connectivity index (χ3v) is 4.78. The summed E-state index contributed by atoms with van der Waals surface area (Å²) in [5.74, 6) is -0.410. The van der Waals surface area contributed by atoms with Crippen LogP contribution in [0.1, 0.15) is 44.7 Å². The Balaban J connectivity index is 1.87. The number of aliphatic hydroxyl groups is 1. The first-order chi connectivity index (χ1) is 11.6. The van der Waals surface area contributed by atoms with E-state index in [4.69, 9.17) is 9.47 Å². The Hall–Kier alpha value is -1.66. The summed E-state index contributed by atoms with van der Waals surface area (Å²) in [6.45, 7) is 7.89. The molecule has 2 atom stereocenters. The number of piperidine rings is 1. The van der Waals surface area contributed by atoms with Crippen LogP contribution in [0.15, 0.2) is 18.2 Å². The van der Waals surface area contributed by atoms with E-state index >= 15 is 0 Å². The average molecular weight is 351 g/mol. The number of fused-ring (bicyclic) bond motifs is 2. The number of aryl methyl sites for hydroxylation is 1. The van der Waals surface area contributed by atoms with E-state index < -0.39 is 23.1 Å². The Kier molecular flexibility index (Phi) is 4.54. The standard InChI is InChI=1S/C19H26FNO4/c1-12-5-6-15(16(20)7-12)19(23)8-13-10-24-11-14(9-19)21(13)17(22)25-18(2,3)4/h5-7,13-14,23H,8-11H2,1-4H3. The van der Waals surface area contributed by atoms with Crippen molar-refractivity contribution >= 4 is 6.09 Å². The van der Waals surface area contributed by atoms with Crippen molar-refractivity contribution in [1.82, 2.24) is 4.90 Å². The van der Waals surface area contributed by atoms with Gasteiger partial charge in [0.25, 0.3) is 0 Å². The van der Waals surface area contributed by atoms with Gasteiger partial charge >= 0.3 is 6.09 Å². The Bertz CT molecular complexity index is 656. The lowest BCUT2D eigenvalue weighted by Crippen LogP contribution is -2.63. The lowest BCUT2D eigenvalue weighted by Gasteiger charge is -2.51. The molecule has 1 aromatic carbocycles. The van der Waals surface area contributed by atoms with Gasteiger partial charge in [0.2, 0.25) is 0 Å². The summed E-state index contributed by atoms with van der Waals surface area (Å²) in [5.41, 5.74) is -0.809. The van der Waals surface area contributed by atoms with Gasteiger partial charge in [0.15, 0.2) is 0 Å².